The Morgan fingerprint density at radius 1 is 1.05 bits per heavy atom. The maximum Gasteiger partial charge on any atom is 0.161 e. The Balaban J connectivity index is 0. The van der Waals surface area contributed by atoms with Gasteiger partial charge in [0.2, 0.25) is 0 Å². The molecule has 0 aliphatic heterocycles. The Labute approximate surface area is 147 Å². The molecule has 4 nitrogen and oxygen atoms in total. The molecule has 1 rings (SSSR count). The number of hydrogen-bond acceptors (Lipinski definition) is 4. The normalized spacial score (nSPS) is 9.86. The summed E-state index contributed by atoms with van der Waals surface area (Å²) in [5, 5.41) is 3.47. The van der Waals surface area contributed by atoms with Crippen LogP contribution in [0.2, 0.25) is 0 Å². The number of methoxy groups -OCH3 is 1. The lowest BCUT2D eigenvalue weighted by Crippen LogP contribution is -2.31. The molecule has 1 aromatic carbocycles. The van der Waals surface area contributed by atoms with E-state index in [0.29, 0.717) is 6.61 Å². The molecule has 0 radical (unpaired) electrons. The van der Waals surface area contributed by atoms with Gasteiger partial charge in [0.25, 0.3) is 0 Å². The summed E-state index contributed by atoms with van der Waals surface area (Å²) in [6, 6.07) is 6.09. The highest BCUT2D eigenvalue weighted by Crippen LogP contribution is 2.27. The van der Waals surface area contributed by atoms with Crippen molar-refractivity contribution in [2.24, 2.45) is 0 Å². The van der Waals surface area contributed by atoms with E-state index in [9.17, 15) is 0 Å². The number of likely N-dealkylation sites (N-methyl/N-ethyl adjacent to an activating group) is 1. The molecule has 0 aliphatic rings. The van der Waals surface area contributed by atoms with Gasteiger partial charge in [-0.25, -0.2) is 0 Å². The van der Waals surface area contributed by atoms with E-state index < -0.39 is 0 Å². The van der Waals surface area contributed by atoms with Gasteiger partial charge in [-0.05, 0) is 37.7 Å². The van der Waals surface area contributed by atoms with Gasteiger partial charge in [0.1, 0.15) is 0 Å². The highest BCUT2D eigenvalue weighted by Gasteiger charge is 2.05. The maximum absolute atomic E-state index is 5.52. The van der Waals surface area contributed by atoms with Crippen LogP contribution in [0.25, 0.3) is 0 Å². The molecule has 0 saturated heterocycles. The minimum Gasteiger partial charge on any atom is -0.493 e. The highest BCUT2D eigenvalue weighted by atomic mass is 35.5. The van der Waals surface area contributed by atoms with Crippen LogP contribution >= 0.6 is 24.8 Å². The van der Waals surface area contributed by atoms with Crippen molar-refractivity contribution >= 4 is 24.8 Å². The van der Waals surface area contributed by atoms with Gasteiger partial charge in [0.05, 0.1) is 13.7 Å². The minimum absolute atomic E-state index is 0. The second-order valence-corrected chi connectivity index (χ2v) is 4.62. The molecule has 0 bridgehead atoms. The minimum atomic E-state index is 0. The molecule has 0 aliphatic carbocycles. The summed E-state index contributed by atoms with van der Waals surface area (Å²) in [7, 11) is 1.68. The van der Waals surface area contributed by atoms with E-state index in [1.807, 2.05) is 19.1 Å². The van der Waals surface area contributed by atoms with E-state index in [4.69, 9.17) is 9.47 Å². The van der Waals surface area contributed by atoms with Gasteiger partial charge in [0.15, 0.2) is 11.5 Å². The maximum atomic E-state index is 5.52. The largest absolute Gasteiger partial charge is 0.493 e. The number of rotatable bonds is 10. The summed E-state index contributed by atoms with van der Waals surface area (Å²) in [6.45, 7) is 12.2. The molecule has 6 heteroatoms. The van der Waals surface area contributed by atoms with Crippen LogP contribution in [-0.4, -0.2) is 44.8 Å². The molecule has 130 valence electrons. The molecule has 0 heterocycles. The Hall–Kier alpha value is -0.680. The van der Waals surface area contributed by atoms with Crippen LogP contribution in [0.1, 0.15) is 26.3 Å². The Bertz CT molecular complexity index is 388. The first kappa shape index (κ1) is 23.6. The van der Waals surface area contributed by atoms with Gasteiger partial charge >= 0.3 is 0 Å². The third-order valence-corrected chi connectivity index (χ3v) is 3.36. The van der Waals surface area contributed by atoms with E-state index in [-0.39, 0.29) is 24.8 Å². The zero-order chi connectivity index (χ0) is 14.8. The van der Waals surface area contributed by atoms with E-state index in [1.54, 1.807) is 7.11 Å². The van der Waals surface area contributed by atoms with Crippen molar-refractivity contribution in [3.63, 3.8) is 0 Å². The van der Waals surface area contributed by atoms with Crippen LogP contribution in [0.15, 0.2) is 18.2 Å². The van der Waals surface area contributed by atoms with Gasteiger partial charge in [-0.3, -0.25) is 0 Å². The topological polar surface area (TPSA) is 33.7 Å². The van der Waals surface area contributed by atoms with E-state index in [2.05, 4.69) is 30.1 Å². The number of nitrogens with one attached hydrogen (secondary N) is 1. The van der Waals surface area contributed by atoms with Gasteiger partial charge < -0.3 is 19.7 Å². The zero-order valence-corrected chi connectivity index (χ0v) is 15.7. The van der Waals surface area contributed by atoms with Crippen molar-refractivity contribution in [3.8, 4) is 11.5 Å². The predicted molar refractivity (Wildman–Crippen MR) is 98.2 cm³/mol. The first-order valence-electron chi connectivity index (χ1n) is 7.47. The van der Waals surface area contributed by atoms with E-state index in [1.165, 1.54) is 5.56 Å². The number of benzene rings is 1. The predicted octanol–water partition coefficient (Wildman–Crippen LogP) is 3.37. The van der Waals surface area contributed by atoms with Crippen LogP contribution in [-0.2, 0) is 6.54 Å². The molecule has 0 unspecified atom stereocenters. The number of halogens is 2. The van der Waals surface area contributed by atoms with Crippen molar-refractivity contribution in [1.29, 1.82) is 0 Å². The Kier molecular flexibility index (Phi) is 15.0. The average molecular weight is 353 g/mol. The molecule has 22 heavy (non-hydrogen) atoms. The van der Waals surface area contributed by atoms with Crippen LogP contribution in [0.3, 0.4) is 0 Å². The van der Waals surface area contributed by atoms with Crippen molar-refractivity contribution in [2.75, 3.05) is 39.9 Å². The summed E-state index contributed by atoms with van der Waals surface area (Å²) >= 11 is 0. The van der Waals surface area contributed by atoms with Gasteiger partial charge in [-0.2, -0.15) is 0 Å². The Morgan fingerprint density at radius 2 is 1.73 bits per heavy atom. The second kappa shape index (κ2) is 13.9. The fourth-order valence-electron chi connectivity index (χ4n) is 2.11. The number of hydrogen-bond donors (Lipinski definition) is 1. The Morgan fingerprint density at radius 3 is 2.27 bits per heavy atom. The second-order valence-electron chi connectivity index (χ2n) is 4.62. The van der Waals surface area contributed by atoms with Gasteiger partial charge in [-0.15, -0.1) is 24.8 Å². The van der Waals surface area contributed by atoms with E-state index >= 15 is 0 Å². The van der Waals surface area contributed by atoms with Crippen LogP contribution < -0.4 is 14.8 Å². The summed E-state index contributed by atoms with van der Waals surface area (Å²) in [5.74, 6) is 1.61. The number of ether oxygens (including phenoxy) is 2. The number of nitrogens with zero attached hydrogens (tertiary/aromatic N) is 1. The molecular weight excluding hydrogens is 323 g/mol. The van der Waals surface area contributed by atoms with Crippen LogP contribution in [0, 0.1) is 0 Å². The van der Waals surface area contributed by atoms with Crippen molar-refractivity contribution in [3.05, 3.63) is 23.8 Å². The lowest BCUT2D eigenvalue weighted by molar-refractivity contribution is 0.302. The SMILES string of the molecule is CCOc1ccc(CNCCN(CC)CC)cc1OC.Cl.Cl. The molecule has 1 aromatic rings. The van der Waals surface area contributed by atoms with Crippen LogP contribution in [0.5, 0.6) is 11.5 Å². The van der Waals surface area contributed by atoms with Crippen molar-refractivity contribution < 1.29 is 9.47 Å². The molecule has 1 N–H and O–H groups in total. The van der Waals surface area contributed by atoms with Crippen molar-refractivity contribution in [2.45, 2.75) is 27.3 Å². The smallest absolute Gasteiger partial charge is 0.161 e. The summed E-state index contributed by atoms with van der Waals surface area (Å²) < 4.78 is 10.9. The summed E-state index contributed by atoms with van der Waals surface area (Å²) in [5.41, 5.74) is 1.21. The fraction of sp³-hybridized carbons (Fsp3) is 0.625. The molecule has 0 spiro atoms. The van der Waals surface area contributed by atoms with Gasteiger partial charge in [-0.1, -0.05) is 19.9 Å². The standard InChI is InChI=1S/C16H28N2O2.2ClH/c1-5-18(6-2)11-10-17-13-14-8-9-15(20-7-3)16(12-14)19-4;;/h8-9,12,17H,5-7,10-11,13H2,1-4H3;2*1H. The highest BCUT2D eigenvalue weighted by molar-refractivity contribution is 5.85. The molecular formula is C16H30Cl2N2O2. The molecule has 0 amide bonds. The van der Waals surface area contributed by atoms with Crippen molar-refractivity contribution in [1.82, 2.24) is 10.2 Å². The first-order valence-corrected chi connectivity index (χ1v) is 7.47. The summed E-state index contributed by atoms with van der Waals surface area (Å²) in [6.07, 6.45) is 0. The van der Waals surface area contributed by atoms with Crippen LogP contribution in [0.4, 0.5) is 0 Å². The average Bonchev–Trinajstić information content (AvgIpc) is 2.49. The lowest BCUT2D eigenvalue weighted by atomic mass is 10.2. The van der Waals surface area contributed by atoms with E-state index in [0.717, 1.165) is 44.2 Å². The molecule has 0 atom stereocenters. The fourth-order valence-corrected chi connectivity index (χ4v) is 2.11. The van der Waals surface area contributed by atoms with Gasteiger partial charge in [0, 0.05) is 19.6 Å². The zero-order valence-electron chi connectivity index (χ0n) is 14.1. The first-order chi connectivity index (χ1) is 9.74. The third kappa shape index (κ3) is 8.08. The lowest BCUT2D eigenvalue weighted by Gasteiger charge is -2.18. The third-order valence-electron chi connectivity index (χ3n) is 3.36. The quantitative estimate of drug-likeness (QED) is 0.654. The molecule has 0 fully saturated rings. The molecule has 0 aromatic heterocycles. The summed E-state index contributed by atoms with van der Waals surface area (Å²) in [4.78, 5) is 2.41. The molecule has 0 saturated carbocycles. The monoisotopic (exact) mass is 352 g/mol.